The quantitative estimate of drug-likeness (QED) is 0.585. The highest BCUT2D eigenvalue weighted by Gasteiger charge is 2.12. The van der Waals surface area contributed by atoms with E-state index >= 15 is 0 Å². The molecule has 0 spiro atoms. The van der Waals surface area contributed by atoms with Crippen LogP contribution in [-0.4, -0.2) is 10.8 Å². The molecule has 3 rings (SSSR count). The molecule has 3 aromatic rings. The van der Waals surface area contributed by atoms with Gasteiger partial charge in [-0.15, -0.1) is 0 Å². The van der Waals surface area contributed by atoms with Crippen molar-refractivity contribution < 1.29 is 18.3 Å². The highest BCUT2D eigenvalue weighted by molar-refractivity contribution is 7.20. The first kappa shape index (κ1) is 17.0. The van der Waals surface area contributed by atoms with Gasteiger partial charge in [0, 0.05) is 11.6 Å². The summed E-state index contributed by atoms with van der Waals surface area (Å²) in [5, 5.41) is 0.213. The fourth-order valence-corrected chi connectivity index (χ4v) is 2.71. The van der Waals surface area contributed by atoms with Gasteiger partial charge in [0.25, 0.3) is 5.19 Å². The zero-order valence-electron chi connectivity index (χ0n) is 12.9. The highest BCUT2D eigenvalue weighted by Crippen LogP contribution is 2.33. The molecule has 0 bridgehead atoms. The predicted molar refractivity (Wildman–Crippen MR) is 87.4 cm³/mol. The molecular formula is C17H15F2NO2S. The molecular weight excluding hydrogens is 320 g/mol. The lowest BCUT2D eigenvalue weighted by Crippen LogP contribution is -1.91. The van der Waals surface area contributed by atoms with Gasteiger partial charge in [0.05, 0.1) is 4.70 Å². The summed E-state index contributed by atoms with van der Waals surface area (Å²) in [5.74, 6) is -0.942. The van der Waals surface area contributed by atoms with E-state index in [1.54, 1.807) is 24.3 Å². The third-order valence-electron chi connectivity index (χ3n) is 2.86. The van der Waals surface area contributed by atoms with Crippen molar-refractivity contribution in [3.8, 4) is 10.9 Å². The van der Waals surface area contributed by atoms with Crippen molar-refractivity contribution in [3.63, 3.8) is 0 Å². The second-order valence-corrected chi connectivity index (χ2v) is 5.39. The monoisotopic (exact) mass is 335 g/mol. The fourth-order valence-electron chi connectivity index (χ4n) is 1.84. The first-order valence-electron chi connectivity index (χ1n) is 7.07. The number of Topliss-reactive ketones (excluding diaryl/α,β-unsaturated/α-hetero) is 1. The van der Waals surface area contributed by atoms with E-state index in [0.29, 0.717) is 16.0 Å². The number of aromatic nitrogens is 1. The number of ketones is 1. The smallest absolute Gasteiger partial charge is 0.279 e. The summed E-state index contributed by atoms with van der Waals surface area (Å²) < 4.78 is 32.5. The Hall–Kier alpha value is -2.34. The zero-order chi connectivity index (χ0) is 17.0. The number of hydrogen-bond acceptors (Lipinski definition) is 4. The molecule has 0 N–H and O–H groups in total. The summed E-state index contributed by atoms with van der Waals surface area (Å²) in [6, 6.07) is 8.51. The summed E-state index contributed by atoms with van der Waals surface area (Å²) >= 11 is 1.05. The number of fused-ring (bicyclic) bond motifs is 1. The van der Waals surface area contributed by atoms with Crippen LogP contribution in [0.1, 0.15) is 31.1 Å². The van der Waals surface area contributed by atoms with E-state index in [0.717, 1.165) is 17.4 Å². The van der Waals surface area contributed by atoms with Gasteiger partial charge in [-0.2, -0.15) is 4.98 Å². The second-order valence-electron chi connectivity index (χ2n) is 4.40. The van der Waals surface area contributed by atoms with Crippen LogP contribution >= 0.6 is 11.3 Å². The fraction of sp³-hybridized carbons (Fsp3) is 0.176. The summed E-state index contributed by atoms with van der Waals surface area (Å²) in [4.78, 5) is 15.2. The number of carbonyl (C=O) groups is 1. The molecule has 120 valence electrons. The van der Waals surface area contributed by atoms with Gasteiger partial charge in [-0.05, 0) is 37.3 Å². The molecule has 0 saturated heterocycles. The number of benzene rings is 2. The van der Waals surface area contributed by atoms with Gasteiger partial charge in [-0.1, -0.05) is 25.2 Å². The van der Waals surface area contributed by atoms with Gasteiger partial charge in [0.2, 0.25) is 0 Å². The van der Waals surface area contributed by atoms with Crippen molar-refractivity contribution in [2.45, 2.75) is 20.8 Å². The van der Waals surface area contributed by atoms with E-state index in [9.17, 15) is 13.6 Å². The topological polar surface area (TPSA) is 39.2 Å². The van der Waals surface area contributed by atoms with Gasteiger partial charge >= 0.3 is 0 Å². The Labute approximate surface area is 136 Å². The van der Waals surface area contributed by atoms with Crippen LogP contribution in [0.5, 0.6) is 10.9 Å². The van der Waals surface area contributed by atoms with Gasteiger partial charge < -0.3 is 4.74 Å². The molecule has 0 saturated carbocycles. The minimum atomic E-state index is -0.719. The van der Waals surface area contributed by atoms with Crippen LogP contribution in [0.2, 0.25) is 0 Å². The summed E-state index contributed by atoms with van der Waals surface area (Å²) in [6.45, 7) is 5.47. The van der Waals surface area contributed by atoms with Crippen LogP contribution in [-0.2, 0) is 0 Å². The zero-order valence-corrected chi connectivity index (χ0v) is 13.7. The molecule has 0 aliphatic carbocycles. The van der Waals surface area contributed by atoms with Crippen molar-refractivity contribution in [2.75, 3.05) is 0 Å². The number of nitrogens with zero attached hydrogens (tertiary/aromatic N) is 1. The number of halogens is 2. The van der Waals surface area contributed by atoms with Gasteiger partial charge in [-0.25, -0.2) is 8.78 Å². The SMILES string of the molecule is CC.CC(=O)c1ccc(Oc2nc3c(F)cc(F)cc3s2)cc1. The van der Waals surface area contributed by atoms with Crippen molar-refractivity contribution in [1.29, 1.82) is 0 Å². The first-order chi connectivity index (χ1) is 11.0. The van der Waals surface area contributed by atoms with E-state index in [4.69, 9.17) is 4.74 Å². The van der Waals surface area contributed by atoms with Crippen LogP contribution in [0.4, 0.5) is 8.78 Å². The minimum Gasteiger partial charge on any atom is -0.431 e. The van der Waals surface area contributed by atoms with Crippen LogP contribution in [0.25, 0.3) is 10.2 Å². The molecule has 2 aromatic carbocycles. The average molecular weight is 335 g/mol. The van der Waals surface area contributed by atoms with Crippen molar-refractivity contribution in [2.24, 2.45) is 0 Å². The molecule has 0 aliphatic rings. The van der Waals surface area contributed by atoms with E-state index in [2.05, 4.69) is 4.98 Å². The third-order valence-corrected chi connectivity index (χ3v) is 3.74. The molecule has 23 heavy (non-hydrogen) atoms. The summed E-state index contributed by atoms with van der Waals surface area (Å²) in [5.41, 5.74) is 0.650. The van der Waals surface area contributed by atoms with Crippen molar-refractivity contribution >= 4 is 27.3 Å². The van der Waals surface area contributed by atoms with Gasteiger partial charge in [0.15, 0.2) is 11.6 Å². The maximum Gasteiger partial charge on any atom is 0.279 e. The van der Waals surface area contributed by atoms with Crippen molar-refractivity contribution in [3.05, 3.63) is 53.6 Å². The van der Waals surface area contributed by atoms with Crippen LogP contribution in [0, 0.1) is 11.6 Å². The molecule has 1 aromatic heterocycles. The second kappa shape index (κ2) is 7.28. The Kier molecular flexibility index (Phi) is 5.39. The summed E-state index contributed by atoms with van der Waals surface area (Å²) in [6.07, 6.45) is 0. The molecule has 1 heterocycles. The largest absolute Gasteiger partial charge is 0.431 e. The third kappa shape index (κ3) is 3.90. The highest BCUT2D eigenvalue weighted by atomic mass is 32.1. The lowest BCUT2D eigenvalue weighted by Gasteiger charge is -2.01. The van der Waals surface area contributed by atoms with Crippen LogP contribution in [0.3, 0.4) is 0 Å². The van der Waals surface area contributed by atoms with Gasteiger partial charge in [0.1, 0.15) is 17.1 Å². The molecule has 0 radical (unpaired) electrons. The van der Waals surface area contributed by atoms with Crippen molar-refractivity contribution in [1.82, 2.24) is 4.98 Å². The maximum absolute atomic E-state index is 13.6. The average Bonchev–Trinajstić information content (AvgIpc) is 2.92. The lowest BCUT2D eigenvalue weighted by molar-refractivity contribution is 0.101. The van der Waals surface area contributed by atoms with E-state index in [1.165, 1.54) is 13.0 Å². The number of hydrogen-bond donors (Lipinski definition) is 0. The standard InChI is InChI=1S/C15H9F2NO2S.C2H6/c1-8(19)9-2-4-11(5-3-9)20-15-18-14-12(17)6-10(16)7-13(14)21-15;1-2/h2-7H,1H3;1-2H3. The predicted octanol–water partition coefficient (Wildman–Crippen LogP) is 5.60. The summed E-state index contributed by atoms with van der Waals surface area (Å²) in [7, 11) is 0. The Balaban J connectivity index is 0.000000924. The number of rotatable bonds is 3. The Morgan fingerprint density at radius 2 is 1.78 bits per heavy atom. The lowest BCUT2D eigenvalue weighted by atomic mass is 10.1. The number of ether oxygens (including phenoxy) is 1. The van der Waals surface area contributed by atoms with Crippen LogP contribution in [0.15, 0.2) is 36.4 Å². The molecule has 0 aliphatic heterocycles. The molecule has 0 unspecified atom stereocenters. The normalized spacial score (nSPS) is 10.1. The van der Waals surface area contributed by atoms with E-state index in [1.807, 2.05) is 13.8 Å². The Bertz CT molecular complexity index is 828. The molecule has 0 fully saturated rings. The van der Waals surface area contributed by atoms with E-state index < -0.39 is 11.6 Å². The van der Waals surface area contributed by atoms with E-state index in [-0.39, 0.29) is 16.5 Å². The maximum atomic E-state index is 13.6. The van der Waals surface area contributed by atoms with Crippen LogP contribution < -0.4 is 4.74 Å². The first-order valence-corrected chi connectivity index (χ1v) is 7.89. The Morgan fingerprint density at radius 3 is 2.39 bits per heavy atom. The Morgan fingerprint density at radius 1 is 1.13 bits per heavy atom. The molecule has 3 nitrogen and oxygen atoms in total. The number of carbonyl (C=O) groups excluding carboxylic acids is 1. The minimum absolute atomic E-state index is 0.0425. The molecule has 6 heteroatoms. The number of thiazole rings is 1. The molecule has 0 amide bonds. The molecule has 0 atom stereocenters. The van der Waals surface area contributed by atoms with Gasteiger partial charge in [-0.3, -0.25) is 4.79 Å².